The van der Waals surface area contributed by atoms with Crippen molar-refractivity contribution in [2.45, 2.75) is 82.0 Å². The predicted molar refractivity (Wildman–Crippen MR) is 129 cm³/mol. The Labute approximate surface area is 192 Å². The van der Waals surface area contributed by atoms with Crippen molar-refractivity contribution in [3.05, 3.63) is 71.8 Å². The van der Waals surface area contributed by atoms with Crippen LogP contribution in [0.5, 0.6) is 0 Å². The summed E-state index contributed by atoms with van der Waals surface area (Å²) in [5.74, 6) is 0.655. The van der Waals surface area contributed by atoms with Gasteiger partial charge in [-0.15, -0.1) is 0 Å². The zero-order chi connectivity index (χ0) is 22.4. The molecule has 0 radical (unpaired) electrons. The lowest BCUT2D eigenvalue weighted by Gasteiger charge is -2.53. The third kappa shape index (κ3) is 3.35. The summed E-state index contributed by atoms with van der Waals surface area (Å²) >= 11 is 0. The zero-order valence-corrected chi connectivity index (χ0v) is 19.6. The van der Waals surface area contributed by atoms with Crippen LogP contribution in [0.2, 0.25) is 0 Å². The van der Waals surface area contributed by atoms with E-state index in [0.29, 0.717) is 12.5 Å². The van der Waals surface area contributed by atoms with Crippen molar-refractivity contribution in [1.82, 2.24) is 9.80 Å². The summed E-state index contributed by atoms with van der Waals surface area (Å²) in [6.45, 7) is 6.15. The van der Waals surface area contributed by atoms with Gasteiger partial charge in [0.2, 0.25) is 0 Å². The predicted octanol–water partition coefficient (Wildman–Crippen LogP) is 5.67. The third-order valence-corrected chi connectivity index (χ3v) is 8.96. The van der Waals surface area contributed by atoms with Crippen LogP contribution in [-0.2, 0) is 12.1 Å². The standard InChI is InChI=1S/C28H37N3O/c1-26(2)28(18-16-27(29,17-19-28)24-14-7-4-8-15-24)31(21-23-12-9-13-23)25(32)30(26)20-22-10-5-3-6-11-22/h3-8,10-11,14-15,23H,9,12-13,16-21,29H2,1-2H3. The van der Waals surface area contributed by atoms with Gasteiger partial charge in [0.1, 0.15) is 0 Å². The number of urea groups is 1. The first-order chi connectivity index (χ1) is 15.4. The van der Waals surface area contributed by atoms with Crippen LogP contribution in [0.3, 0.4) is 0 Å². The van der Waals surface area contributed by atoms with Gasteiger partial charge in [-0.05, 0) is 69.4 Å². The fourth-order valence-electron chi connectivity index (χ4n) is 6.42. The lowest BCUT2D eigenvalue weighted by Crippen LogP contribution is -2.62. The van der Waals surface area contributed by atoms with Crippen LogP contribution in [0.1, 0.15) is 69.9 Å². The molecule has 2 saturated carbocycles. The number of hydrogen-bond acceptors (Lipinski definition) is 2. The minimum absolute atomic E-state index is 0.161. The molecule has 3 aliphatic rings. The Kier molecular flexibility index (Phi) is 5.32. The molecule has 0 unspecified atom stereocenters. The van der Waals surface area contributed by atoms with Gasteiger partial charge in [0.15, 0.2) is 0 Å². The minimum atomic E-state index is -0.305. The maximum Gasteiger partial charge on any atom is 0.321 e. The number of rotatable bonds is 5. The topological polar surface area (TPSA) is 49.6 Å². The highest BCUT2D eigenvalue weighted by Crippen LogP contribution is 2.54. The maximum atomic E-state index is 13.9. The van der Waals surface area contributed by atoms with E-state index in [4.69, 9.17) is 5.73 Å². The summed E-state index contributed by atoms with van der Waals surface area (Å²) < 4.78 is 0. The molecule has 2 amide bonds. The van der Waals surface area contributed by atoms with Crippen molar-refractivity contribution >= 4 is 6.03 Å². The van der Waals surface area contributed by atoms with E-state index in [9.17, 15) is 4.79 Å². The average molecular weight is 432 g/mol. The SMILES string of the molecule is CC1(C)N(Cc2ccccc2)C(=O)N(CC2CCC2)C12CCC(N)(c1ccccc1)CC2. The number of carbonyl (C=O) groups is 1. The van der Waals surface area contributed by atoms with E-state index in [0.717, 1.165) is 32.2 Å². The van der Waals surface area contributed by atoms with E-state index >= 15 is 0 Å². The minimum Gasteiger partial charge on any atom is -0.321 e. The monoisotopic (exact) mass is 431 g/mol. The summed E-state index contributed by atoms with van der Waals surface area (Å²) in [4.78, 5) is 18.4. The van der Waals surface area contributed by atoms with E-state index in [2.05, 4.69) is 78.2 Å². The van der Waals surface area contributed by atoms with Gasteiger partial charge in [-0.1, -0.05) is 67.1 Å². The first-order valence-electron chi connectivity index (χ1n) is 12.3. The molecule has 32 heavy (non-hydrogen) atoms. The van der Waals surface area contributed by atoms with Crippen molar-refractivity contribution in [2.24, 2.45) is 11.7 Å². The molecule has 1 aliphatic heterocycles. The van der Waals surface area contributed by atoms with Crippen LogP contribution >= 0.6 is 0 Å². The number of carbonyl (C=O) groups excluding carboxylic acids is 1. The molecule has 2 aromatic carbocycles. The van der Waals surface area contributed by atoms with Crippen LogP contribution < -0.4 is 5.73 Å². The quantitative estimate of drug-likeness (QED) is 0.663. The molecule has 170 valence electrons. The van der Waals surface area contributed by atoms with E-state index < -0.39 is 0 Å². The molecule has 2 aromatic rings. The average Bonchev–Trinajstić information content (AvgIpc) is 2.92. The fourth-order valence-corrected chi connectivity index (χ4v) is 6.42. The van der Waals surface area contributed by atoms with Crippen LogP contribution in [0.4, 0.5) is 4.79 Å². The summed E-state index contributed by atoms with van der Waals surface area (Å²) in [6.07, 6.45) is 7.54. The largest absolute Gasteiger partial charge is 0.321 e. The highest BCUT2D eigenvalue weighted by atomic mass is 16.2. The van der Waals surface area contributed by atoms with Gasteiger partial charge in [-0.2, -0.15) is 0 Å². The first-order valence-corrected chi connectivity index (χ1v) is 12.3. The zero-order valence-electron chi connectivity index (χ0n) is 19.6. The normalized spacial score (nSPS) is 30.0. The van der Waals surface area contributed by atoms with Crippen LogP contribution in [0.15, 0.2) is 60.7 Å². The van der Waals surface area contributed by atoms with Crippen LogP contribution in [-0.4, -0.2) is 33.5 Å². The van der Waals surface area contributed by atoms with E-state index in [1.807, 2.05) is 6.07 Å². The summed E-state index contributed by atoms with van der Waals surface area (Å²) in [5, 5.41) is 0. The van der Waals surface area contributed by atoms with Crippen LogP contribution in [0, 0.1) is 5.92 Å². The molecule has 2 N–H and O–H groups in total. The van der Waals surface area contributed by atoms with Crippen molar-refractivity contribution in [3.8, 4) is 0 Å². The molecule has 4 nitrogen and oxygen atoms in total. The van der Waals surface area contributed by atoms with Gasteiger partial charge in [-0.25, -0.2) is 4.79 Å². The second kappa shape index (κ2) is 7.91. The second-order valence-corrected chi connectivity index (χ2v) is 10.9. The highest BCUT2D eigenvalue weighted by Gasteiger charge is 2.63. The van der Waals surface area contributed by atoms with Gasteiger partial charge in [0.25, 0.3) is 0 Å². The van der Waals surface area contributed by atoms with Gasteiger partial charge < -0.3 is 15.5 Å². The molecular weight excluding hydrogens is 394 g/mol. The molecule has 1 spiro atoms. The lowest BCUT2D eigenvalue weighted by molar-refractivity contribution is 0.00541. The number of benzene rings is 2. The second-order valence-electron chi connectivity index (χ2n) is 10.9. The van der Waals surface area contributed by atoms with Crippen molar-refractivity contribution in [2.75, 3.05) is 6.54 Å². The fraction of sp³-hybridized carbons (Fsp3) is 0.536. The summed E-state index contributed by atoms with van der Waals surface area (Å²) in [6, 6.07) is 21.2. The van der Waals surface area contributed by atoms with E-state index in [1.165, 1.54) is 30.4 Å². The van der Waals surface area contributed by atoms with E-state index in [-0.39, 0.29) is 22.6 Å². The van der Waals surface area contributed by atoms with Gasteiger partial charge in [-0.3, -0.25) is 0 Å². The Balaban J connectivity index is 1.46. The summed E-state index contributed by atoms with van der Waals surface area (Å²) in [5.41, 5.74) is 8.69. The number of nitrogens with zero attached hydrogens (tertiary/aromatic N) is 2. The molecular formula is C28H37N3O. The molecule has 0 aromatic heterocycles. The molecule has 5 rings (SSSR count). The van der Waals surface area contributed by atoms with Gasteiger partial charge in [0, 0.05) is 18.6 Å². The molecule has 2 aliphatic carbocycles. The Bertz CT molecular complexity index is 943. The molecule has 3 fully saturated rings. The third-order valence-electron chi connectivity index (χ3n) is 8.96. The van der Waals surface area contributed by atoms with Crippen molar-refractivity contribution in [3.63, 3.8) is 0 Å². The molecule has 1 saturated heterocycles. The Morgan fingerprint density at radius 1 is 0.875 bits per heavy atom. The molecule has 4 heteroatoms. The van der Waals surface area contributed by atoms with Crippen molar-refractivity contribution in [1.29, 1.82) is 0 Å². The Morgan fingerprint density at radius 2 is 1.47 bits per heavy atom. The first kappa shape index (κ1) is 21.5. The Morgan fingerprint density at radius 3 is 2.03 bits per heavy atom. The highest BCUT2D eigenvalue weighted by molar-refractivity contribution is 5.80. The molecule has 1 heterocycles. The molecule has 0 bridgehead atoms. The summed E-state index contributed by atoms with van der Waals surface area (Å²) in [7, 11) is 0. The van der Waals surface area contributed by atoms with Crippen molar-refractivity contribution < 1.29 is 4.79 Å². The maximum absolute atomic E-state index is 13.9. The van der Waals surface area contributed by atoms with E-state index in [1.54, 1.807) is 0 Å². The van der Waals surface area contributed by atoms with Gasteiger partial charge in [0.05, 0.1) is 11.1 Å². The lowest BCUT2D eigenvalue weighted by atomic mass is 9.63. The van der Waals surface area contributed by atoms with Gasteiger partial charge >= 0.3 is 6.03 Å². The number of amides is 2. The smallest absolute Gasteiger partial charge is 0.321 e. The van der Waals surface area contributed by atoms with Crippen LogP contribution in [0.25, 0.3) is 0 Å². The Hall–Kier alpha value is -2.33. The number of hydrogen-bond donors (Lipinski definition) is 1. The number of nitrogens with two attached hydrogens (primary N) is 1. The molecule has 0 atom stereocenters.